The number of carboxylic acid groups (broad SMARTS) is 1. The standard InChI is InChI=1S/C17H20N2O5/c1-9-6-13(14(17(23)24)7-10(9)2)16(22)19-18-15(21)11-4-3-5-12(20)8-11/h3-5,8,13-14,20H,6-7H2,1-2H3,(H,18,21)(H,19,22)(H,23,24)/t13-,14-/m1/s1. The third-order valence-corrected chi connectivity index (χ3v) is 4.33. The number of amides is 2. The first-order chi connectivity index (χ1) is 11.3. The lowest BCUT2D eigenvalue weighted by Gasteiger charge is -2.29. The molecule has 128 valence electrons. The van der Waals surface area contributed by atoms with Crippen molar-refractivity contribution in [3.8, 4) is 5.75 Å². The van der Waals surface area contributed by atoms with Gasteiger partial charge in [-0.05, 0) is 44.9 Å². The molecule has 0 radical (unpaired) electrons. The van der Waals surface area contributed by atoms with E-state index in [1.54, 1.807) is 0 Å². The molecule has 7 heteroatoms. The fourth-order valence-corrected chi connectivity index (χ4v) is 2.76. The maximum Gasteiger partial charge on any atom is 0.307 e. The summed E-state index contributed by atoms with van der Waals surface area (Å²) < 4.78 is 0. The number of aromatic hydroxyl groups is 1. The predicted molar refractivity (Wildman–Crippen MR) is 85.9 cm³/mol. The minimum atomic E-state index is -1.03. The Hall–Kier alpha value is -2.83. The molecule has 0 spiro atoms. The molecule has 0 unspecified atom stereocenters. The molecule has 2 amide bonds. The maximum absolute atomic E-state index is 12.3. The number of carboxylic acids is 1. The number of hydrazine groups is 1. The number of carbonyl (C=O) groups is 3. The minimum absolute atomic E-state index is 0.0663. The van der Waals surface area contributed by atoms with Gasteiger partial charge in [0.2, 0.25) is 5.91 Å². The van der Waals surface area contributed by atoms with Gasteiger partial charge in [0.1, 0.15) is 5.75 Å². The summed E-state index contributed by atoms with van der Waals surface area (Å²) in [7, 11) is 0. The van der Waals surface area contributed by atoms with Crippen LogP contribution in [0.15, 0.2) is 35.4 Å². The summed E-state index contributed by atoms with van der Waals surface area (Å²) in [6.45, 7) is 3.74. The van der Waals surface area contributed by atoms with Gasteiger partial charge in [-0.2, -0.15) is 0 Å². The monoisotopic (exact) mass is 332 g/mol. The second-order valence-corrected chi connectivity index (χ2v) is 6.01. The molecule has 7 nitrogen and oxygen atoms in total. The van der Waals surface area contributed by atoms with Crippen LogP contribution in [0.5, 0.6) is 5.75 Å². The first-order valence-corrected chi connectivity index (χ1v) is 7.57. The first kappa shape index (κ1) is 17.5. The van der Waals surface area contributed by atoms with Gasteiger partial charge in [-0.1, -0.05) is 17.2 Å². The van der Waals surface area contributed by atoms with Crippen LogP contribution in [0.4, 0.5) is 0 Å². The molecule has 0 fully saturated rings. The highest BCUT2D eigenvalue weighted by Gasteiger charge is 2.37. The molecular formula is C17H20N2O5. The number of hydrogen-bond donors (Lipinski definition) is 4. The average Bonchev–Trinajstić information content (AvgIpc) is 2.54. The Kier molecular flexibility index (Phi) is 5.23. The van der Waals surface area contributed by atoms with Crippen molar-refractivity contribution in [2.45, 2.75) is 26.7 Å². The van der Waals surface area contributed by atoms with E-state index in [0.29, 0.717) is 12.8 Å². The van der Waals surface area contributed by atoms with E-state index in [-0.39, 0.29) is 11.3 Å². The largest absolute Gasteiger partial charge is 0.508 e. The lowest BCUT2D eigenvalue weighted by molar-refractivity contribution is -0.147. The van der Waals surface area contributed by atoms with Crippen molar-refractivity contribution in [1.82, 2.24) is 10.9 Å². The zero-order valence-electron chi connectivity index (χ0n) is 13.5. The highest BCUT2D eigenvalue weighted by Crippen LogP contribution is 2.34. The van der Waals surface area contributed by atoms with E-state index in [1.807, 2.05) is 13.8 Å². The molecule has 0 saturated heterocycles. The van der Waals surface area contributed by atoms with Crippen molar-refractivity contribution in [2.24, 2.45) is 11.8 Å². The van der Waals surface area contributed by atoms with Gasteiger partial charge in [0.15, 0.2) is 0 Å². The van der Waals surface area contributed by atoms with Gasteiger partial charge in [-0.15, -0.1) is 0 Å². The van der Waals surface area contributed by atoms with Crippen molar-refractivity contribution < 1.29 is 24.6 Å². The zero-order valence-corrected chi connectivity index (χ0v) is 13.5. The first-order valence-electron chi connectivity index (χ1n) is 7.57. The molecule has 0 bridgehead atoms. The lowest BCUT2D eigenvalue weighted by Crippen LogP contribution is -2.48. The normalized spacial score (nSPS) is 20.4. The van der Waals surface area contributed by atoms with Crippen LogP contribution < -0.4 is 10.9 Å². The Morgan fingerprint density at radius 3 is 2.25 bits per heavy atom. The highest BCUT2D eigenvalue weighted by molar-refractivity contribution is 5.96. The fourth-order valence-electron chi connectivity index (χ4n) is 2.76. The van der Waals surface area contributed by atoms with E-state index in [2.05, 4.69) is 10.9 Å². The van der Waals surface area contributed by atoms with Crippen molar-refractivity contribution >= 4 is 17.8 Å². The second-order valence-electron chi connectivity index (χ2n) is 6.01. The molecule has 0 heterocycles. The molecule has 0 saturated carbocycles. The number of aliphatic carboxylic acids is 1. The summed E-state index contributed by atoms with van der Waals surface area (Å²) in [6.07, 6.45) is 0.663. The van der Waals surface area contributed by atoms with Crippen LogP contribution in [0, 0.1) is 11.8 Å². The summed E-state index contributed by atoms with van der Waals surface area (Å²) in [6, 6.07) is 5.67. The van der Waals surface area contributed by atoms with E-state index in [1.165, 1.54) is 24.3 Å². The smallest absolute Gasteiger partial charge is 0.307 e. The SMILES string of the molecule is CC1=C(C)C[C@@H](C(=O)NNC(=O)c2cccc(O)c2)[C@H](C(=O)O)C1. The number of benzene rings is 1. The van der Waals surface area contributed by atoms with Crippen LogP contribution >= 0.6 is 0 Å². The molecule has 2 atom stereocenters. The summed E-state index contributed by atoms with van der Waals surface area (Å²) in [5.74, 6) is -3.78. The summed E-state index contributed by atoms with van der Waals surface area (Å²) in [5, 5.41) is 18.7. The van der Waals surface area contributed by atoms with Crippen molar-refractivity contribution in [2.75, 3.05) is 0 Å². The third kappa shape index (κ3) is 3.92. The van der Waals surface area contributed by atoms with E-state index >= 15 is 0 Å². The molecule has 1 aromatic rings. The van der Waals surface area contributed by atoms with Crippen LogP contribution in [0.1, 0.15) is 37.0 Å². The minimum Gasteiger partial charge on any atom is -0.508 e. The Balaban J connectivity index is 2.03. The molecule has 4 N–H and O–H groups in total. The molecule has 0 aromatic heterocycles. The molecule has 0 aliphatic heterocycles. The van der Waals surface area contributed by atoms with Crippen molar-refractivity contribution in [3.63, 3.8) is 0 Å². The number of hydrogen-bond acceptors (Lipinski definition) is 4. The number of carbonyl (C=O) groups excluding carboxylic acids is 2. The van der Waals surface area contributed by atoms with Crippen molar-refractivity contribution in [3.05, 3.63) is 41.0 Å². The van der Waals surface area contributed by atoms with Gasteiger partial charge in [0.05, 0.1) is 11.8 Å². The zero-order chi connectivity index (χ0) is 17.9. The number of phenols is 1. The van der Waals surface area contributed by atoms with Crippen LogP contribution in [-0.2, 0) is 9.59 Å². The van der Waals surface area contributed by atoms with E-state index in [0.717, 1.165) is 11.1 Å². The van der Waals surface area contributed by atoms with E-state index in [9.17, 15) is 24.6 Å². The topological polar surface area (TPSA) is 116 Å². The van der Waals surface area contributed by atoms with Crippen LogP contribution in [-0.4, -0.2) is 28.0 Å². The molecule has 24 heavy (non-hydrogen) atoms. The van der Waals surface area contributed by atoms with Gasteiger partial charge in [-0.25, -0.2) is 0 Å². The van der Waals surface area contributed by atoms with Crippen LogP contribution in [0.2, 0.25) is 0 Å². The van der Waals surface area contributed by atoms with Gasteiger partial charge in [0.25, 0.3) is 5.91 Å². The molecular weight excluding hydrogens is 312 g/mol. The Morgan fingerprint density at radius 2 is 1.67 bits per heavy atom. The molecule has 2 rings (SSSR count). The summed E-state index contributed by atoms with van der Waals surface area (Å²) in [4.78, 5) is 35.7. The Bertz CT molecular complexity index is 711. The average molecular weight is 332 g/mol. The quantitative estimate of drug-likeness (QED) is 0.496. The maximum atomic E-state index is 12.3. The van der Waals surface area contributed by atoms with Gasteiger partial charge >= 0.3 is 5.97 Å². The van der Waals surface area contributed by atoms with Crippen LogP contribution in [0.25, 0.3) is 0 Å². The van der Waals surface area contributed by atoms with Gasteiger partial charge in [-0.3, -0.25) is 25.2 Å². The third-order valence-electron chi connectivity index (χ3n) is 4.33. The molecule has 1 aliphatic carbocycles. The molecule has 1 aromatic carbocycles. The summed E-state index contributed by atoms with van der Waals surface area (Å²) in [5.41, 5.74) is 6.69. The lowest BCUT2D eigenvalue weighted by atomic mass is 9.76. The number of phenolic OH excluding ortho intramolecular Hbond substituents is 1. The highest BCUT2D eigenvalue weighted by atomic mass is 16.4. The fraction of sp³-hybridized carbons (Fsp3) is 0.353. The Labute approximate surface area is 139 Å². The summed E-state index contributed by atoms with van der Waals surface area (Å²) >= 11 is 0. The van der Waals surface area contributed by atoms with Gasteiger partial charge < -0.3 is 10.2 Å². The predicted octanol–water partition coefficient (Wildman–Crippen LogP) is 1.60. The van der Waals surface area contributed by atoms with Gasteiger partial charge in [0, 0.05) is 5.56 Å². The second kappa shape index (κ2) is 7.16. The van der Waals surface area contributed by atoms with E-state index in [4.69, 9.17) is 0 Å². The Morgan fingerprint density at radius 1 is 1.04 bits per heavy atom. The van der Waals surface area contributed by atoms with E-state index < -0.39 is 29.6 Å². The number of allylic oxidation sites excluding steroid dienone is 2. The number of nitrogens with one attached hydrogen (secondary N) is 2. The van der Waals surface area contributed by atoms with Crippen LogP contribution in [0.3, 0.4) is 0 Å². The number of rotatable bonds is 3. The molecule has 1 aliphatic rings. The van der Waals surface area contributed by atoms with Crippen molar-refractivity contribution in [1.29, 1.82) is 0 Å².